The van der Waals surface area contributed by atoms with Crippen molar-refractivity contribution in [3.63, 3.8) is 0 Å². The summed E-state index contributed by atoms with van der Waals surface area (Å²) in [4.78, 5) is 26.7. The van der Waals surface area contributed by atoms with Gasteiger partial charge in [-0.2, -0.15) is 0 Å². The second kappa shape index (κ2) is 6.15. The molecule has 0 bridgehead atoms. The minimum absolute atomic E-state index is 0.0659. The molecule has 1 aromatic carbocycles. The first-order valence-corrected chi connectivity index (χ1v) is 8.42. The summed E-state index contributed by atoms with van der Waals surface area (Å²) in [6.07, 6.45) is 5.79. The van der Waals surface area contributed by atoms with Crippen molar-refractivity contribution >= 4 is 11.9 Å². The fourth-order valence-corrected chi connectivity index (χ4v) is 3.65. The standard InChI is InChI=1S/C19H20N2O3/c22-18(17-13-14-5-1-2-6-16(14)19(23)24-17)21-11-7-15(8-12-21)20-9-3-4-10-20/h1-6,9-10,15,17H,7-8,11-13H2. The normalized spacial score (nSPS) is 21.2. The lowest BCUT2D eigenvalue weighted by molar-refractivity contribution is -0.142. The largest absolute Gasteiger partial charge is 0.448 e. The van der Waals surface area contributed by atoms with Gasteiger partial charge in [-0.1, -0.05) is 18.2 Å². The molecule has 0 aliphatic carbocycles. The molecular weight excluding hydrogens is 304 g/mol. The molecule has 24 heavy (non-hydrogen) atoms. The molecule has 0 saturated carbocycles. The third kappa shape index (κ3) is 2.70. The Morgan fingerprint density at radius 1 is 1.04 bits per heavy atom. The zero-order chi connectivity index (χ0) is 16.5. The Bertz CT molecular complexity index is 746. The number of carbonyl (C=O) groups is 2. The number of nitrogens with zero attached hydrogens (tertiary/aromatic N) is 2. The summed E-state index contributed by atoms with van der Waals surface area (Å²) >= 11 is 0. The third-order valence-corrected chi connectivity index (χ3v) is 4.99. The zero-order valence-electron chi connectivity index (χ0n) is 13.4. The molecule has 4 rings (SSSR count). The Labute approximate surface area is 140 Å². The van der Waals surface area contributed by atoms with Crippen molar-refractivity contribution in [2.75, 3.05) is 13.1 Å². The Kier molecular flexibility index (Phi) is 3.84. The fourth-order valence-electron chi connectivity index (χ4n) is 3.65. The summed E-state index contributed by atoms with van der Waals surface area (Å²) in [7, 11) is 0. The van der Waals surface area contributed by atoms with Gasteiger partial charge in [-0.25, -0.2) is 4.79 Å². The molecule has 1 saturated heterocycles. The van der Waals surface area contributed by atoms with Crippen LogP contribution in [0.4, 0.5) is 0 Å². The van der Waals surface area contributed by atoms with E-state index in [9.17, 15) is 9.59 Å². The minimum atomic E-state index is -0.685. The average molecular weight is 324 g/mol. The van der Waals surface area contributed by atoms with Gasteiger partial charge in [-0.15, -0.1) is 0 Å². The van der Waals surface area contributed by atoms with Crippen LogP contribution in [-0.4, -0.2) is 40.5 Å². The molecule has 1 amide bonds. The number of hydrogen-bond acceptors (Lipinski definition) is 3. The number of esters is 1. The van der Waals surface area contributed by atoms with E-state index >= 15 is 0 Å². The van der Waals surface area contributed by atoms with E-state index in [1.807, 2.05) is 35.2 Å². The third-order valence-electron chi connectivity index (χ3n) is 4.99. The van der Waals surface area contributed by atoms with Crippen molar-refractivity contribution in [1.82, 2.24) is 9.47 Å². The van der Waals surface area contributed by atoms with Crippen LogP contribution in [-0.2, 0) is 16.0 Å². The lowest BCUT2D eigenvalue weighted by Gasteiger charge is -2.35. The van der Waals surface area contributed by atoms with E-state index in [2.05, 4.69) is 17.0 Å². The highest BCUT2D eigenvalue weighted by molar-refractivity contribution is 5.95. The van der Waals surface area contributed by atoms with Crippen LogP contribution < -0.4 is 0 Å². The van der Waals surface area contributed by atoms with Gasteiger partial charge >= 0.3 is 5.97 Å². The smallest absolute Gasteiger partial charge is 0.339 e. The number of hydrogen-bond donors (Lipinski definition) is 0. The summed E-state index contributed by atoms with van der Waals surface area (Å²) in [5, 5.41) is 0. The molecule has 1 unspecified atom stereocenters. The van der Waals surface area contributed by atoms with E-state index in [4.69, 9.17) is 4.74 Å². The van der Waals surface area contributed by atoms with E-state index in [0.717, 1.165) is 18.4 Å². The summed E-state index contributed by atoms with van der Waals surface area (Å²) in [6.45, 7) is 1.41. The molecular formula is C19H20N2O3. The van der Waals surface area contributed by atoms with Crippen LogP contribution in [0.5, 0.6) is 0 Å². The van der Waals surface area contributed by atoms with Crippen LogP contribution in [0.1, 0.15) is 34.8 Å². The maximum absolute atomic E-state index is 12.7. The molecule has 2 aromatic rings. The quantitative estimate of drug-likeness (QED) is 0.797. The van der Waals surface area contributed by atoms with Crippen LogP contribution in [0.2, 0.25) is 0 Å². The molecule has 1 fully saturated rings. The van der Waals surface area contributed by atoms with Gasteiger partial charge in [-0.3, -0.25) is 4.79 Å². The Balaban J connectivity index is 1.41. The van der Waals surface area contributed by atoms with E-state index < -0.39 is 12.1 Å². The van der Waals surface area contributed by atoms with Gasteiger partial charge in [0.25, 0.3) is 5.91 Å². The lowest BCUT2D eigenvalue weighted by Crippen LogP contribution is -2.47. The number of benzene rings is 1. The van der Waals surface area contributed by atoms with Crippen molar-refractivity contribution in [3.05, 3.63) is 59.9 Å². The van der Waals surface area contributed by atoms with E-state index in [1.165, 1.54) is 0 Å². The van der Waals surface area contributed by atoms with E-state index in [1.54, 1.807) is 6.07 Å². The number of fused-ring (bicyclic) bond motifs is 1. The van der Waals surface area contributed by atoms with Gasteiger partial charge in [0.05, 0.1) is 5.56 Å². The van der Waals surface area contributed by atoms with Gasteiger partial charge in [0.1, 0.15) is 0 Å². The highest BCUT2D eigenvalue weighted by atomic mass is 16.5. The molecule has 1 atom stereocenters. The number of cyclic esters (lactones) is 1. The van der Waals surface area contributed by atoms with E-state index in [-0.39, 0.29) is 5.91 Å². The number of aromatic nitrogens is 1. The molecule has 5 heteroatoms. The van der Waals surface area contributed by atoms with Crippen LogP contribution in [0, 0.1) is 0 Å². The monoisotopic (exact) mass is 324 g/mol. The summed E-state index contributed by atoms with van der Waals surface area (Å²) < 4.78 is 7.60. The number of piperidine rings is 1. The lowest BCUT2D eigenvalue weighted by atomic mass is 9.97. The van der Waals surface area contributed by atoms with Crippen LogP contribution in [0.25, 0.3) is 0 Å². The highest BCUT2D eigenvalue weighted by Gasteiger charge is 2.35. The minimum Gasteiger partial charge on any atom is -0.448 e. The summed E-state index contributed by atoms with van der Waals surface area (Å²) in [6, 6.07) is 11.8. The van der Waals surface area contributed by atoms with Crippen molar-refractivity contribution in [1.29, 1.82) is 0 Å². The SMILES string of the molecule is O=C1OC(C(=O)N2CCC(n3cccc3)CC2)Cc2ccccc21. The summed E-state index contributed by atoms with van der Waals surface area (Å²) in [5.74, 6) is -0.457. The molecule has 0 spiro atoms. The molecule has 5 nitrogen and oxygen atoms in total. The predicted octanol–water partition coefficient (Wildman–Crippen LogP) is 2.43. The second-order valence-corrected chi connectivity index (χ2v) is 6.44. The Morgan fingerprint density at radius 3 is 2.50 bits per heavy atom. The van der Waals surface area contributed by atoms with Crippen LogP contribution in [0.3, 0.4) is 0 Å². The number of amides is 1. The topological polar surface area (TPSA) is 51.5 Å². The van der Waals surface area contributed by atoms with Crippen molar-refractivity contribution in [2.45, 2.75) is 31.4 Å². The van der Waals surface area contributed by atoms with Crippen molar-refractivity contribution < 1.29 is 14.3 Å². The maximum atomic E-state index is 12.7. The van der Waals surface area contributed by atoms with Gasteiger partial charge in [0.15, 0.2) is 6.10 Å². The average Bonchev–Trinajstić information content (AvgIpc) is 3.16. The maximum Gasteiger partial charge on any atom is 0.339 e. The molecule has 2 aliphatic rings. The van der Waals surface area contributed by atoms with Crippen LogP contribution in [0.15, 0.2) is 48.8 Å². The number of carbonyl (C=O) groups excluding carboxylic acids is 2. The second-order valence-electron chi connectivity index (χ2n) is 6.44. The number of rotatable bonds is 2. The molecule has 124 valence electrons. The molecule has 3 heterocycles. The summed E-state index contributed by atoms with van der Waals surface area (Å²) in [5.41, 5.74) is 1.47. The molecule has 2 aliphatic heterocycles. The van der Waals surface area contributed by atoms with Gasteiger partial charge in [0, 0.05) is 37.9 Å². The first-order chi connectivity index (χ1) is 11.7. The molecule has 0 radical (unpaired) electrons. The predicted molar refractivity (Wildman–Crippen MR) is 88.6 cm³/mol. The van der Waals surface area contributed by atoms with E-state index in [0.29, 0.717) is 31.1 Å². The Morgan fingerprint density at radius 2 is 1.75 bits per heavy atom. The van der Waals surface area contributed by atoms with Crippen molar-refractivity contribution in [2.24, 2.45) is 0 Å². The van der Waals surface area contributed by atoms with Gasteiger partial charge in [-0.05, 0) is 36.6 Å². The first-order valence-electron chi connectivity index (χ1n) is 8.42. The van der Waals surface area contributed by atoms with Gasteiger partial charge in [0.2, 0.25) is 0 Å². The number of ether oxygens (including phenoxy) is 1. The fraction of sp³-hybridized carbons (Fsp3) is 0.368. The number of likely N-dealkylation sites (tertiary alicyclic amines) is 1. The highest BCUT2D eigenvalue weighted by Crippen LogP contribution is 2.26. The van der Waals surface area contributed by atoms with Crippen molar-refractivity contribution in [3.8, 4) is 0 Å². The Hall–Kier alpha value is -2.56. The zero-order valence-corrected chi connectivity index (χ0v) is 13.4. The van der Waals surface area contributed by atoms with Crippen LogP contribution >= 0.6 is 0 Å². The molecule has 1 aromatic heterocycles. The van der Waals surface area contributed by atoms with Gasteiger partial charge < -0.3 is 14.2 Å². The first kappa shape index (κ1) is 15.0. The molecule has 0 N–H and O–H groups in total.